The van der Waals surface area contributed by atoms with Crippen LogP contribution in [-0.2, 0) is 9.59 Å². The minimum absolute atomic E-state index is 0.132. The molecule has 0 bridgehead atoms. The number of Topliss-reactive ketones (excluding diaryl/α,β-unsaturated/α-hetero) is 1. The van der Waals surface area contributed by atoms with Gasteiger partial charge in [-0.1, -0.05) is 6.42 Å². The SMILES string of the molecule is CC(=O)C1=C(O)C(=O)N(CCN2CCCCC2)C1c1ccc(C)o1. The largest absolute Gasteiger partial charge is 0.503 e. The number of carbonyl (C=O) groups is 2. The highest BCUT2D eigenvalue weighted by Crippen LogP contribution is 2.38. The molecule has 130 valence electrons. The van der Waals surface area contributed by atoms with Crippen LogP contribution in [0, 0.1) is 6.92 Å². The van der Waals surface area contributed by atoms with Gasteiger partial charge in [0.2, 0.25) is 0 Å². The Morgan fingerprint density at radius 1 is 1.25 bits per heavy atom. The minimum atomic E-state index is -0.631. The third kappa shape index (κ3) is 3.11. The van der Waals surface area contributed by atoms with Crippen LogP contribution >= 0.6 is 0 Å². The number of piperidine rings is 1. The highest BCUT2D eigenvalue weighted by Gasteiger charge is 2.43. The summed E-state index contributed by atoms with van der Waals surface area (Å²) in [7, 11) is 0. The lowest BCUT2D eigenvalue weighted by Crippen LogP contribution is -2.40. The van der Waals surface area contributed by atoms with Gasteiger partial charge in [-0.05, 0) is 51.9 Å². The number of aliphatic hydroxyl groups is 1. The van der Waals surface area contributed by atoms with E-state index < -0.39 is 17.7 Å². The van der Waals surface area contributed by atoms with Crippen LogP contribution in [0.2, 0.25) is 0 Å². The highest BCUT2D eigenvalue weighted by molar-refractivity contribution is 6.07. The van der Waals surface area contributed by atoms with Crippen LogP contribution < -0.4 is 0 Å². The summed E-state index contributed by atoms with van der Waals surface area (Å²) in [4.78, 5) is 28.4. The fourth-order valence-electron chi connectivity index (χ4n) is 3.57. The third-order valence-corrected chi connectivity index (χ3v) is 4.82. The van der Waals surface area contributed by atoms with Gasteiger partial charge in [0.15, 0.2) is 11.5 Å². The molecule has 2 aliphatic rings. The van der Waals surface area contributed by atoms with E-state index >= 15 is 0 Å². The minimum Gasteiger partial charge on any atom is -0.503 e. The maximum atomic E-state index is 12.5. The fraction of sp³-hybridized carbons (Fsp3) is 0.556. The lowest BCUT2D eigenvalue weighted by Gasteiger charge is -2.30. The maximum absolute atomic E-state index is 12.5. The Bertz CT molecular complexity index is 670. The van der Waals surface area contributed by atoms with Crippen LogP contribution in [0.5, 0.6) is 0 Å². The monoisotopic (exact) mass is 332 g/mol. The first-order valence-electron chi connectivity index (χ1n) is 8.52. The second kappa shape index (κ2) is 6.81. The van der Waals surface area contributed by atoms with E-state index in [1.165, 1.54) is 26.2 Å². The summed E-state index contributed by atoms with van der Waals surface area (Å²) in [6.45, 7) is 6.45. The molecular weight excluding hydrogens is 308 g/mol. The third-order valence-electron chi connectivity index (χ3n) is 4.82. The van der Waals surface area contributed by atoms with Crippen molar-refractivity contribution >= 4 is 11.7 Å². The Morgan fingerprint density at radius 2 is 1.96 bits per heavy atom. The number of aliphatic hydroxyl groups excluding tert-OH is 1. The molecule has 1 saturated heterocycles. The van der Waals surface area contributed by atoms with Gasteiger partial charge in [0.1, 0.15) is 17.6 Å². The summed E-state index contributed by atoms with van der Waals surface area (Å²) in [5.41, 5.74) is 0.132. The Morgan fingerprint density at radius 3 is 2.54 bits per heavy atom. The van der Waals surface area contributed by atoms with E-state index in [1.807, 2.05) is 6.92 Å². The van der Waals surface area contributed by atoms with E-state index in [1.54, 1.807) is 17.0 Å². The molecule has 1 amide bonds. The predicted octanol–water partition coefficient (Wildman–Crippen LogP) is 2.36. The summed E-state index contributed by atoms with van der Waals surface area (Å²) < 4.78 is 5.66. The molecule has 3 rings (SSSR count). The number of likely N-dealkylation sites (tertiary alicyclic amines) is 1. The second-order valence-electron chi connectivity index (χ2n) is 6.57. The van der Waals surface area contributed by atoms with Gasteiger partial charge in [-0.25, -0.2) is 0 Å². The van der Waals surface area contributed by atoms with Crippen molar-refractivity contribution in [2.24, 2.45) is 0 Å². The van der Waals surface area contributed by atoms with Crippen molar-refractivity contribution in [3.63, 3.8) is 0 Å². The number of aryl methyl sites for hydroxylation is 1. The molecule has 1 aromatic rings. The summed E-state index contributed by atoms with van der Waals surface area (Å²) in [5.74, 6) is -0.00620. The first-order chi connectivity index (χ1) is 11.5. The molecule has 0 aliphatic carbocycles. The number of hydrogen-bond donors (Lipinski definition) is 1. The fourth-order valence-corrected chi connectivity index (χ4v) is 3.57. The zero-order chi connectivity index (χ0) is 17.3. The van der Waals surface area contributed by atoms with E-state index in [0.29, 0.717) is 18.1 Å². The van der Waals surface area contributed by atoms with Crippen molar-refractivity contribution in [2.45, 2.75) is 39.2 Å². The number of carbonyl (C=O) groups excluding carboxylic acids is 2. The molecule has 1 N–H and O–H groups in total. The molecule has 2 aliphatic heterocycles. The summed E-state index contributed by atoms with van der Waals surface area (Å²) in [6.07, 6.45) is 3.61. The van der Waals surface area contributed by atoms with Crippen LogP contribution in [0.4, 0.5) is 0 Å². The van der Waals surface area contributed by atoms with Crippen molar-refractivity contribution in [3.05, 3.63) is 35.0 Å². The Kier molecular flexibility index (Phi) is 4.76. The van der Waals surface area contributed by atoms with E-state index in [-0.39, 0.29) is 11.4 Å². The molecule has 1 atom stereocenters. The van der Waals surface area contributed by atoms with Gasteiger partial charge in [0, 0.05) is 13.1 Å². The first-order valence-corrected chi connectivity index (χ1v) is 8.52. The molecule has 0 saturated carbocycles. The van der Waals surface area contributed by atoms with Crippen LogP contribution in [0.1, 0.15) is 43.7 Å². The van der Waals surface area contributed by atoms with Crippen LogP contribution in [-0.4, -0.2) is 52.8 Å². The van der Waals surface area contributed by atoms with Crippen LogP contribution in [0.15, 0.2) is 27.9 Å². The van der Waals surface area contributed by atoms with Crippen LogP contribution in [0.3, 0.4) is 0 Å². The lowest BCUT2D eigenvalue weighted by molar-refractivity contribution is -0.129. The maximum Gasteiger partial charge on any atom is 0.290 e. The van der Waals surface area contributed by atoms with Crippen molar-refractivity contribution in [1.82, 2.24) is 9.80 Å². The summed E-state index contributed by atoms with van der Waals surface area (Å²) >= 11 is 0. The smallest absolute Gasteiger partial charge is 0.290 e. The van der Waals surface area contributed by atoms with Gasteiger partial charge in [0.25, 0.3) is 5.91 Å². The zero-order valence-corrected chi connectivity index (χ0v) is 14.2. The van der Waals surface area contributed by atoms with Crippen molar-refractivity contribution in [1.29, 1.82) is 0 Å². The number of rotatable bonds is 5. The van der Waals surface area contributed by atoms with E-state index in [4.69, 9.17) is 4.42 Å². The number of ketones is 1. The molecule has 1 aromatic heterocycles. The van der Waals surface area contributed by atoms with Gasteiger partial charge < -0.3 is 19.3 Å². The van der Waals surface area contributed by atoms with E-state index in [9.17, 15) is 14.7 Å². The van der Waals surface area contributed by atoms with Crippen molar-refractivity contribution in [2.75, 3.05) is 26.2 Å². The molecule has 6 nitrogen and oxygen atoms in total. The molecule has 0 aromatic carbocycles. The highest BCUT2D eigenvalue weighted by atomic mass is 16.3. The molecule has 24 heavy (non-hydrogen) atoms. The number of hydrogen-bond acceptors (Lipinski definition) is 5. The van der Waals surface area contributed by atoms with Gasteiger partial charge in [-0.3, -0.25) is 9.59 Å². The zero-order valence-electron chi connectivity index (χ0n) is 14.2. The van der Waals surface area contributed by atoms with Gasteiger partial charge in [0.05, 0.1) is 5.57 Å². The normalized spacial score (nSPS) is 22.5. The van der Waals surface area contributed by atoms with Gasteiger partial charge in [-0.15, -0.1) is 0 Å². The van der Waals surface area contributed by atoms with Gasteiger partial charge in [-0.2, -0.15) is 0 Å². The molecule has 3 heterocycles. The average Bonchev–Trinajstić information content (AvgIpc) is 3.09. The summed E-state index contributed by atoms with van der Waals surface area (Å²) in [5, 5.41) is 10.2. The Balaban J connectivity index is 1.83. The topological polar surface area (TPSA) is 74.0 Å². The number of nitrogens with zero attached hydrogens (tertiary/aromatic N) is 2. The van der Waals surface area contributed by atoms with Crippen molar-refractivity contribution in [3.8, 4) is 0 Å². The first kappa shape index (κ1) is 16.8. The average molecular weight is 332 g/mol. The number of amides is 1. The molecule has 1 fully saturated rings. The quantitative estimate of drug-likeness (QED) is 0.896. The molecular formula is C18H24N2O4. The Hall–Kier alpha value is -2.08. The molecule has 0 spiro atoms. The van der Waals surface area contributed by atoms with E-state index in [2.05, 4.69) is 4.90 Å². The van der Waals surface area contributed by atoms with Crippen molar-refractivity contribution < 1.29 is 19.1 Å². The second-order valence-corrected chi connectivity index (χ2v) is 6.57. The lowest BCUT2D eigenvalue weighted by atomic mass is 10.0. The number of furan rings is 1. The predicted molar refractivity (Wildman–Crippen MR) is 88.5 cm³/mol. The van der Waals surface area contributed by atoms with E-state index in [0.717, 1.165) is 19.6 Å². The van der Waals surface area contributed by atoms with Crippen LogP contribution in [0.25, 0.3) is 0 Å². The molecule has 1 unspecified atom stereocenters. The standard InChI is InChI=1S/C18H24N2O4/c1-12-6-7-14(24-12)16-15(13(2)21)17(22)18(23)20(16)11-10-19-8-4-3-5-9-19/h6-7,16,22H,3-5,8-11H2,1-2H3. The molecule has 6 heteroatoms. The Labute approximate surface area is 141 Å². The molecule has 0 radical (unpaired) electrons. The summed E-state index contributed by atoms with van der Waals surface area (Å²) in [6, 6.07) is 2.94. The van der Waals surface area contributed by atoms with Gasteiger partial charge >= 0.3 is 0 Å².